The van der Waals surface area contributed by atoms with Gasteiger partial charge in [-0.3, -0.25) is 4.99 Å². The molecule has 0 amide bonds. The Bertz CT molecular complexity index is 1040. The van der Waals surface area contributed by atoms with Crippen molar-refractivity contribution in [2.24, 2.45) is 4.99 Å². The molecular weight excluding hydrogens is 460 g/mol. The summed E-state index contributed by atoms with van der Waals surface area (Å²) in [5.41, 5.74) is 0.107. The monoisotopic (exact) mass is 479 g/mol. The molecule has 4 nitrogen and oxygen atoms in total. The number of aliphatic imine (C=N–C) groups is 1. The van der Waals surface area contributed by atoms with Gasteiger partial charge in [0, 0.05) is 0 Å². The highest BCUT2D eigenvalue weighted by Gasteiger charge is 2.53. The molecule has 2 aliphatic rings. The van der Waals surface area contributed by atoms with Gasteiger partial charge < -0.3 is 15.0 Å². The predicted molar refractivity (Wildman–Crippen MR) is 117 cm³/mol. The van der Waals surface area contributed by atoms with Crippen LogP contribution in [0, 0.1) is 12.7 Å². The molecule has 0 aliphatic carbocycles. The summed E-state index contributed by atoms with van der Waals surface area (Å²) >= 11 is 8.84. The van der Waals surface area contributed by atoms with Crippen LogP contribution in [0.5, 0.6) is 5.75 Å². The molecule has 0 bridgehead atoms. The second kappa shape index (κ2) is 7.02. The fraction of sp³-hybridized carbons (Fsp3) is 0.333. The summed E-state index contributed by atoms with van der Waals surface area (Å²) in [4.78, 5) is 6.31. The second-order valence-corrected chi connectivity index (χ2v) is 8.87. The number of halogens is 3. The number of thiocarbonyl (C=S) groups is 1. The van der Waals surface area contributed by atoms with Crippen LogP contribution in [0.1, 0.15) is 23.6 Å². The largest absolute Gasteiger partial charge is 0.496 e. The number of alkyl halides is 1. The fourth-order valence-electron chi connectivity index (χ4n) is 3.96. The van der Waals surface area contributed by atoms with Gasteiger partial charge in [-0.2, -0.15) is 0 Å². The van der Waals surface area contributed by atoms with E-state index in [9.17, 15) is 8.78 Å². The first-order valence-electron chi connectivity index (χ1n) is 9.12. The van der Waals surface area contributed by atoms with E-state index in [0.29, 0.717) is 15.4 Å². The van der Waals surface area contributed by atoms with Gasteiger partial charge in [0.25, 0.3) is 0 Å². The van der Waals surface area contributed by atoms with Crippen molar-refractivity contribution in [2.75, 3.05) is 20.2 Å². The van der Waals surface area contributed by atoms with Crippen LogP contribution >= 0.6 is 28.1 Å². The van der Waals surface area contributed by atoms with E-state index in [4.69, 9.17) is 17.0 Å². The molecule has 2 aliphatic heterocycles. The molecule has 0 radical (unpaired) electrons. The van der Waals surface area contributed by atoms with Crippen LogP contribution in [0.4, 0.5) is 8.78 Å². The zero-order valence-corrected chi connectivity index (χ0v) is 18.6. The van der Waals surface area contributed by atoms with E-state index < -0.39 is 11.2 Å². The Morgan fingerprint density at radius 2 is 1.93 bits per heavy atom. The van der Waals surface area contributed by atoms with E-state index in [1.54, 1.807) is 24.1 Å². The molecule has 0 spiro atoms. The predicted octanol–water partition coefficient (Wildman–Crippen LogP) is 4.48. The van der Waals surface area contributed by atoms with Crippen molar-refractivity contribution < 1.29 is 13.5 Å². The first kappa shape index (κ1) is 20.2. The highest BCUT2D eigenvalue weighted by atomic mass is 79.9. The molecule has 1 saturated heterocycles. The molecule has 1 fully saturated rings. The summed E-state index contributed by atoms with van der Waals surface area (Å²) < 4.78 is 34.4. The number of hydrogen-bond acceptors (Lipinski definition) is 3. The topological polar surface area (TPSA) is 36.9 Å². The maximum Gasteiger partial charge on any atom is 0.175 e. The Hall–Kier alpha value is -2.06. The first-order chi connectivity index (χ1) is 13.7. The Labute approximate surface area is 182 Å². The van der Waals surface area contributed by atoms with E-state index in [1.807, 2.05) is 25.1 Å². The van der Waals surface area contributed by atoms with Crippen LogP contribution < -0.4 is 10.1 Å². The molecule has 29 heavy (non-hydrogen) atoms. The molecule has 2 unspecified atom stereocenters. The van der Waals surface area contributed by atoms with Crippen molar-refractivity contribution in [3.05, 3.63) is 63.4 Å². The lowest BCUT2D eigenvalue weighted by molar-refractivity contribution is 0.167. The van der Waals surface area contributed by atoms with E-state index in [2.05, 4.69) is 26.2 Å². The average molecular weight is 480 g/mol. The first-order valence-corrected chi connectivity index (χ1v) is 10.3. The van der Waals surface area contributed by atoms with Crippen molar-refractivity contribution in [3.8, 4) is 5.75 Å². The zero-order chi connectivity index (χ0) is 21.0. The lowest BCUT2D eigenvalue weighted by Gasteiger charge is -2.36. The number of amidine groups is 1. The van der Waals surface area contributed by atoms with Crippen LogP contribution in [0.15, 0.2) is 45.9 Å². The van der Waals surface area contributed by atoms with Crippen molar-refractivity contribution in [2.45, 2.75) is 25.1 Å². The highest BCUT2D eigenvalue weighted by molar-refractivity contribution is 9.10. The molecule has 2 heterocycles. The summed E-state index contributed by atoms with van der Waals surface area (Å²) in [5.74, 6) is 0.999. The Morgan fingerprint density at radius 1 is 1.24 bits per heavy atom. The molecule has 4 rings (SSSR count). The minimum Gasteiger partial charge on any atom is -0.496 e. The quantitative estimate of drug-likeness (QED) is 0.658. The molecule has 0 aromatic heterocycles. The molecule has 2 aromatic carbocycles. The zero-order valence-electron chi connectivity index (χ0n) is 16.2. The Kier molecular flexibility index (Phi) is 4.90. The standard InChI is InChI=1S/C21H20BrF2N3OS/c1-12-8-13(5-7-17(12)28-3)21(14-4-6-16(23)15(22)9-14)18-25-10-20(2,24)11-27(18)19(29)26-21/h4-9H,10-11H2,1-3H3,(H,26,29). The van der Waals surface area contributed by atoms with Gasteiger partial charge >= 0.3 is 0 Å². The second-order valence-electron chi connectivity index (χ2n) is 7.63. The number of benzene rings is 2. The van der Waals surface area contributed by atoms with Crippen LogP contribution in [0.2, 0.25) is 0 Å². The number of rotatable bonds is 3. The number of fused-ring (bicyclic) bond motifs is 1. The van der Waals surface area contributed by atoms with Crippen molar-refractivity contribution in [1.82, 2.24) is 10.2 Å². The molecular formula is C21H20BrF2N3OS. The molecule has 0 saturated carbocycles. The van der Waals surface area contributed by atoms with Crippen LogP contribution in [-0.4, -0.2) is 41.7 Å². The van der Waals surface area contributed by atoms with Gasteiger partial charge in [0.05, 0.1) is 24.7 Å². The van der Waals surface area contributed by atoms with Crippen LogP contribution in [0.3, 0.4) is 0 Å². The summed E-state index contributed by atoms with van der Waals surface area (Å²) in [6.45, 7) is 3.60. The normalized spacial score (nSPS) is 26.1. The molecule has 2 aromatic rings. The summed E-state index contributed by atoms with van der Waals surface area (Å²) in [5, 5.41) is 3.76. The third-order valence-electron chi connectivity index (χ3n) is 5.36. The van der Waals surface area contributed by atoms with Gasteiger partial charge in [0.1, 0.15) is 28.6 Å². The van der Waals surface area contributed by atoms with Crippen LogP contribution in [-0.2, 0) is 5.54 Å². The maximum atomic E-state index is 14.7. The van der Waals surface area contributed by atoms with Gasteiger partial charge in [-0.1, -0.05) is 12.1 Å². The average Bonchev–Trinajstić information content (AvgIpc) is 2.95. The Morgan fingerprint density at radius 3 is 2.59 bits per heavy atom. The third kappa shape index (κ3) is 3.22. The number of nitrogens with zero attached hydrogens (tertiary/aromatic N) is 2. The smallest absolute Gasteiger partial charge is 0.175 e. The minimum absolute atomic E-state index is 0.0301. The van der Waals surface area contributed by atoms with Crippen molar-refractivity contribution >= 4 is 39.1 Å². The SMILES string of the molecule is COc1ccc(C2(c3ccc(F)c(Br)c3)NC(=S)N3CC(C)(F)CN=C32)cc1C. The van der Waals surface area contributed by atoms with Crippen LogP contribution in [0.25, 0.3) is 0 Å². The summed E-state index contributed by atoms with van der Waals surface area (Å²) in [6.07, 6.45) is 0. The maximum absolute atomic E-state index is 14.7. The van der Waals surface area contributed by atoms with Gasteiger partial charge in [-0.25, -0.2) is 8.78 Å². The fourth-order valence-corrected chi connectivity index (χ4v) is 4.65. The molecule has 152 valence electrons. The minimum atomic E-state index is -1.48. The van der Waals surface area contributed by atoms with Gasteiger partial charge in [0.15, 0.2) is 5.11 Å². The van der Waals surface area contributed by atoms with Gasteiger partial charge in [0.2, 0.25) is 0 Å². The van der Waals surface area contributed by atoms with E-state index in [1.165, 1.54) is 13.0 Å². The van der Waals surface area contributed by atoms with E-state index in [0.717, 1.165) is 22.4 Å². The van der Waals surface area contributed by atoms with Crippen molar-refractivity contribution in [3.63, 3.8) is 0 Å². The summed E-state index contributed by atoms with van der Waals surface area (Å²) in [7, 11) is 1.62. The number of nitrogens with one attached hydrogen (secondary N) is 1. The van der Waals surface area contributed by atoms with Gasteiger partial charge in [-0.05, 0) is 83.0 Å². The Balaban J connectivity index is 1.98. The summed E-state index contributed by atoms with van der Waals surface area (Å²) in [6, 6.07) is 10.6. The number of aryl methyl sites for hydroxylation is 1. The van der Waals surface area contributed by atoms with Crippen molar-refractivity contribution in [1.29, 1.82) is 0 Å². The lowest BCUT2D eigenvalue weighted by atomic mass is 9.81. The van der Waals surface area contributed by atoms with Gasteiger partial charge in [-0.15, -0.1) is 0 Å². The third-order valence-corrected chi connectivity index (χ3v) is 6.29. The number of methoxy groups -OCH3 is 1. The van der Waals surface area contributed by atoms with E-state index in [-0.39, 0.29) is 18.9 Å². The molecule has 1 N–H and O–H groups in total. The molecule has 8 heteroatoms. The van der Waals surface area contributed by atoms with E-state index >= 15 is 0 Å². The molecule has 2 atom stereocenters. The number of ether oxygens (including phenoxy) is 1. The lowest BCUT2D eigenvalue weighted by Crippen LogP contribution is -2.51. The highest BCUT2D eigenvalue weighted by Crippen LogP contribution is 2.41. The number of hydrogen-bond donors (Lipinski definition) is 1.